The van der Waals surface area contributed by atoms with Gasteiger partial charge in [0.15, 0.2) is 11.6 Å². The Morgan fingerprint density at radius 3 is 2.43 bits per heavy atom. The predicted molar refractivity (Wildman–Crippen MR) is 77.5 cm³/mol. The summed E-state index contributed by atoms with van der Waals surface area (Å²) in [6, 6.07) is 1.62. The van der Waals surface area contributed by atoms with E-state index in [1.165, 1.54) is 0 Å². The van der Waals surface area contributed by atoms with Gasteiger partial charge in [-0.15, -0.1) is 0 Å². The van der Waals surface area contributed by atoms with Crippen LogP contribution in [0.3, 0.4) is 0 Å². The molecule has 0 radical (unpaired) electrons. The maximum atomic E-state index is 13.8. The molecule has 118 valence electrons. The molecule has 1 heterocycles. The van der Waals surface area contributed by atoms with E-state index in [1.54, 1.807) is 0 Å². The third kappa shape index (κ3) is 4.71. The Labute approximate surface area is 124 Å². The summed E-state index contributed by atoms with van der Waals surface area (Å²) in [5, 5.41) is 3.32. The molecule has 2 rings (SSSR count). The molecule has 2 nitrogen and oxygen atoms in total. The van der Waals surface area contributed by atoms with Gasteiger partial charge in [0.25, 0.3) is 0 Å². The highest BCUT2D eigenvalue weighted by Gasteiger charge is 2.18. The van der Waals surface area contributed by atoms with Crippen LogP contribution in [0.15, 0.2) is 12.1 Å². The Morgan fingerprint density at radius 1 is 1.10 bits per heavy atom. The smallest absolute Gasteiger partial charge is 0.161 e. The molecule has 0 aliphatic carbocycles. The van der Waals surface area contributed by atoms with Crippen molar-refractivity contribution in [2.24, 2.45) is 5.92 Å². The number of hydrogen-bond acceptors (Lipinski definition) is 2. The molecular weight excluding hydrogens is 277 g/mol. The minimum absolute atomic E-state index is 0.233. The highest BCUT2D eigenvalue weighted by atomic mass is 19.2. The zero-order valence-electron chi connectivity index (χ0n) is 12.5. The molecule has 1 aromatic rings. The molecule has 1 fully saturated rings. The van der Waals surface area contributed by atoms with E-state index in [2.05, 4.69) is 17.1 Å². The topological polar surface area (TPSA) is 15.3 Å². The summed E-state index contributed by atoms with van der Waals surface area (Å²) in [7, 11) is 0. The first-order valence-electron chi connectivity index (χ1n) is 7.66. The van der Waals surface area contributed by atoms with Crippen molar-refractivity contribution in [2.45, 2.75) is 32.7 Å². The van der Waals surface area contributed by atoms with Gasteiger partial charge in [-0.05, 0) is 50.9 Å². The van der Waals surface area contributed by atoms with Gasteiger partial charge in [0.2, 0.25) is 0 Å². The second-order valence-corrected chi connectivity index (χ2v) is 5.79. The highest BCUT2D eigenvalue weighted by molar-refractivity contribution is 5.20. The van der Waals surface area contributed by atoms with Crippen molar-refractivity contribution in [2.75, 3.05) is 26.2 Å². The maximum absolute atomic E-state index is 13.8. The fraction of sp³-hybridized carbons (Fsp3) is 0.625. The van der Waals surface area contributed by atoms with Gasteiger partial charge < -0.3 is 5.32 Å². The summed E-state index contributed by atoms with van der Waals surface area (Å²) in [6.45, 7) is 6.16. The molecule has 0 spiro atoms. The molecule has 0 unspecified atom stereocenters. The van der Waals surface area contributed by atoms with Crippen molar-refractivity contribution in [3.05, 3.63) is 35.1 Å². The summed E-state index contributed by atoms with van der Waals surface area (Å²) in [5.74, 6) is -2.19. The lowest BCUT2D eigenvalue weighted by molar-refractivity contribution is 0.196. The molecule has 1 N–H and O–H groups in total. The second kappa shape index (κ2) is 7.80. The van der Waals surface area contributed by atoms with Gasteiger partial charge in [-0.3, -0.25) is 4.90 Å². The Balaban J connectivity index is 2.03. The fourth-order valence-electron chi connectivity index (χ4n) is 2.91. The normalized spacial score (nSPS) is 16.6. The Kier molecular flexibility index (Phi) is 6.06. The van der Waals surface area contributed by atoms with E-state index < -0.39 is 17.5 Å². The van der Waals surface area contributed by atoms with Gasteiger partial charge in [0.1, 0.15) is 5.82 Å². The average molecular weight is 300 g/mol. The minimum atomic E-state index is -1.13. The maximum Gasteiger partial charge on any atom is 0.161 e. The molecule has 0 amide bonds. The Hall–Kier alpha value is -1.07. The molecule has 1 aromatic carbocycles. The number of benzene rings is 1. The molecule has 21 heavy (non-hydrogen) atoms. The van der Waals surface area contributed by atoms with Crippen LogP contribution in [0, 0.1) is 23.4 Å². The fourth-order valence-corrected chi connectivity index (χ4v) is 2.91. The van der Waals surface area contributed by atoms with Crippen molar-refractivity contribution in [1.29, 1.82) is 0 Å². The van der Waals surface area contributed by atoms with Crippen LogP contribution in [0.5, 0.6) is 0 Å². The summed E-state index contributed by atoms with van der Waals surface area (Å²) < 4.78 is 40.0. The lowest BCUT2D eigenvalue weighted by Crippen LogP contribution is -2.36. The van der Waals surface area contributed by atoms with Crippen molar-refractivity contribution in [1.82, 2.24) is 10.2 Å². The summed E-state index contributed by atoms with van der Waals surface area (Å²) in [6.07, 6.45) is 3.18. The minimum Gasteiger partial charge on any atom is -0.317 e. The molecule has 0 saturated carbocycles. The zero-order chi connectivity index (χ0) is 15.2. The van der Waals surface area contributed by atoms with Crippen molar-refractivity contribution in [3.8, 4) is 0 Å². The van der Waals surface area contributed by atoms with E-state index in [-0.39, 0.29) is 5.56 Å². The number of nitrogens with one attached hydrogen (secondary N) is 1. The SMILES string of the molecule is CCCN(Cc1cc(F)c(F)cc1F)CC1CCNCC1. The summed E-state index contributed by atoms with van der Waals surface area (Å²) >= 11 is 0. The molecule has 0 atom stereocenters. The number of hydrogen-bond donors (Lipinski definition) is 1. The van der Waals surface area contributed by atoms with E-state index in [0.717, 1.165) is 51.5 Å². The molecule has 0 bridgehead atoms. The highest BCUT2D eigenvalue weighted by Crippen LogP contribution is 2.19. The lowest BCUT2D eigenvalue weighted by Gasteiger charge is -2.30. The van der Waals surface area contributed by atoms with E-state index in [9.17, 15) is 13.2 Å². The van der Waals surface area contributed by atoms with Crippen LogP contribution in [0.4, 0.5) is 13.2 Å². The van der Waals surface area contributed by atoms with Gasteiger partial charge in [0.05, 0.1) is 0 Å². The third-order valence-electron chi connectivity index (χ3n) is 4.00. The number of piperidine rings is 1. The number of nitrogens with zero attached hydrogens (tertiary/aromatic N) is 1. The molecular formula is C16H23F3N2. The summed E-state index contributed by atoms with van der Waals surface area (Å²) in [5.41, 5.74) is 0.233. The second-order valence-electron chi connectivity index (χ2n) is 5.79. The molecule has 1 aliphatic heterocycles. The van der Waals surface area contributed by atoms with E-state index in [1.807, 2.05) is 0 Å². The molecule has 1 aliphatic rings. The van der Waals surface area contributed by atoms with Gasteiger partial charge in [-0.2, -0.15) is 0 Å². The largest absolute Gasteiger partial charge is 0.317 e. The van der Waals surface area contributed by atoms with Crippen molar-refractivity contribution in [3.63, 3.8) is 0 Å². The Morgan fingerprint density at radius 2 is 1.76 bits per heavy atom. The van der Waals surface area contributed by atoms with E-state index >= 15 is 0 Å². The van der Waals surface area contributed by atoms with Crippen LogP contribution in [0.1, 0.15) is 31.7 Å². The third-order valence-corrected chi connectivity index (χ3v) is 4.00. The van der Waals surface area contributed by atoms with Crippen molar-refractivity contribution >= 4 is 0 Å². The molecule has 1 saturated heterocycles. The monoisotopic (exact) mass is 300 g/mol. The summed E-state index contributed by atoms with van der Waals surface area (Å²) in [4.78, 5) is 2.14. The first-order valence-corrected chi connectivity index (χ1v) is 7.66. The lowest BCUT2D eigenvalue weighted by atomic mass is 9.97. The van der Waals surface area contributed by atoms with E-state index in [4.69, 9.17) is 0 Å². The Bertz CT molecular complexity index is 459. The molecule has 0 aromatic heterocycles. The van der Waals surface area contributed by atoms with Gasteiger partial charge in [-0.25, -0.2) is 13.2 Å². The van der Waals surface area contributed by atoms with Gasteiger partial charge >= 0.3 is 0 Å². The first kappa shape index (κ1) is 16.3. The van der Waals surface area contributed by atoms with Crippen LogP contribution in [0.2, 0.25) is 0 Å². The van der Waals surface area contributed by atoms with Crippen molar-refractivity contribution < 1.29 is 13.2 Å². The van der Waals surface area contributed by atoms with Crippen LogP contribution < -0.4 is 5.32 Å². The molecule has 5 heteroatoms. The number of halogens is 3. The number of rotatable bonds is 6. The van der Waals surface area contributed by atoms with Gasteiger partial charge in [-0.1, -0.05) is 6.92 Å². The standard InChI is InChI=1S/C16H23F3N2/c1-2-7-21(10-12-3-5-20-6-4-12)11-13-8-15(18)16(19)9-14(13)17/h8-9,12,20H,2-7,10-11H2,1H3. The van der Waals surface area contributed by atoms with Crippen LogP contribution in [-0.4, -0.2) is 31.1 Å². The van der Waals surface area contributed by atoms with Gasteiger partial charge in [0, 0.05) is 24.7 Å². The van der Waals surface area contributed by atoms with E-state index in [0.29, 0.717) is 18.5 Å². The van der Waals surface area contributed by atoms with Crippen LogP contribution in [0.25, 0.3) is 0 Å². The van der Waals surface area contributed by atoms with Crippen LogP contribution >= 0.6 is 0 Å². The predicted octanol–water partition coefficient (Wildman–Crippen LogP) is 3.32. The zero-order valence-corrected chi connectivity index (χ0v) is 12.5. The quantitative estimate of drug-likeness (QED) is 0.811. The first-order chi connectivity index (χ1) is 10.1. The van der Waals surface area contributed by atoms with Crippen LogP contribution in [-0.2, 0) is 6.54 Å². The average Bonchev–Trinajstić information content (AvgIpc) is 2.46.